The van der Waals surface area contributed by atoms with Crippen LogP contribution in [0.5, 0.6) is 0 Å². The van der Waals surface area contributed by atoms with E-state index in [1.54, 1.807) is 0 Å². The predicted octanol–water partition coefficient (Wildman–Crippen LogP) is 1.70. The number of rotatable bonds is 4. The van der Waals surface area contributed by atoms with Crippen LogP contribution in [-0.4, -0.2) is 49.2 Å². The third kappa shape index (κ3) is 2.84. The van der Waals surface area contributed by atoms with Crippen molar-refractivity contribution in [3.8, 4) is 0 Å². The van der Waals surface area contributed by atoms with Crippen LogP contribution < -0.4 is 10.2 Å². The third-order valence-corrected chi connectivity index (χ3v) is 4.88. The van der Waals surface area contributed by atoms with Crippen molar-refractivity contribution < 1.29 is 0 Å². The van der Waals surface area contributed by atoms with E-state index in [2.05, 4.69) is 35.9 Å². The summed E-state index contributed by atoms with van der Waals surface area (Å²) in [6, 6.07) is 0.626. The maximum absolute atomic E-state index is 4.72. The van der Waals surface area contributed by atoms with Crippen LogP contribution in [-0.2, 0) is 6.54 Å². The fourth-order valence-corrected chi connectivity index (χ4v) is 3.62. The van der Waals surface area contributed by atoms with Gasteiger partial charge in [-0.3, -0.25) is 4.90 Å². The Labute approximate surface area is 114 Å². The molecular formula is C13H24N4S. The minimum Gasteiger partial charge on any atom is -0.345 e. The van der Waals surface area contributed by atoms with E-state index in [1.807, 2.05) is 18.4 Å². The quantitative estimate of drug-likeness (QED) is 0.901. The minimum absolute atomic E-state index is 0.626. The SMILES string of the molecule is CCN1CCN(c2nc(C)c(CNC)s2)CC1C. The third-order valence-electron chi connectivity index (χ3n) is 3.66. The number of piperazine rings is 1. The summed E-state index contributed by atoms with van der Waals surface area (Å²) >= 11 is 1.84. The number of anilines is 1. The number of likely N-dealkylation sites (N-methyl/N-ethyl adjacent to an activating group) is 1. The second kappa shape index (κ2) is 5.99. The molecule has 0 spiro atoms. The van der Waals surface area contributed by atoms with Crippen molar-refractivity contribution in [1.29, 1.82) is 0 Å². The Kier molecular flexibility index (Phi) is 4.59. The zero-order chi connectivity index (χ0) is 13.1. The van der Waals surface area contributed by atoms with Gasteiger partial charge in [-0.1, -0.05) is 6.92 Å². The molecule has 0 saturated carbocycles. The van der Waals surface area contributed by atoms with E-state index in [4.69, 9.17) is 4.98 Å². The zero-order valence-electron chi connectivity index (χ0n) is 11.9. The number of nitrogens with zero attached hydrogens (tertiary/aromatic N) is 3. The molecule has 1 unspecified atom stereocenters. The Hall–Kier alpha value is -0.650. The smallest absolute Gasteiger partial charge is 0.185 e. The van der Waals surface area contributed by atoms with Crippen molar-refractivity contribution in [1.82, 2.24) is 15.2 Å². The van der Waals surface area contributed by atoms with Crippen molar-refractivity contribution >= 4 is 16.5 Å². The highest BCUT2D eigenvalue weighted by molar-refractivity contribution is 7.15. The van der Waals surface area contributed by atoms with E-state index in [0.29, 0.717) is 6.04 Å². The van der Waals surface area contributed by atoms with Crippen LogP contribution in [0.2, 0.25) is 0 Å². The number of hydrogen-bond donors (Lipinski definition) is 1. The van der Waals surface area contributed by atoms with E-state index in [9.17, 15) is 0 Å². The van der Waals surface area contributed by atoms with Gasteiger partial charge in [-0.15, -0.1) is 11.3 Å². The number of thiazole rings is 1. The maximum Gasteiger partial charge on any atom is 0.185 e. The van der Waals surface area contributed by atoms with Gasteiger partial charge in [0.15, 0.2) is 5.13 Å². The highest BCUT2D eigenvalue weighted by Gasteiger charge is 2.24. The Bertz CT molecular complexity index is 390. The lowest BCUT2D eigenvalue weighted by Gasteiger charge is -2.39. The van der Waals surface area contributed by atoms with Gasteiger partial charge in [0.1, 0.15) is 0 Å². The molecular weight excluding hydrogens is 244 g/mol. The lowest BCUT2D eigenvalue weighted by molar-refractivity contribution is 0.199. The molecule has 102 valence electrons. The van der Waals surface area contributed by atoms with Gasteiger partial charge < -0.3 is 10.2 Å². The Morgan fingerprint density at radius 3 is 2.83 bits per heavy atom. The highest BCUT2D eigenvalue weighted by Crippen LogP contribution is 2.27. The van der Waals surface area contributed by atoms with Crippen LogP contribution in [0.4, 0.5) is 5.13 Å². The summed E-state index contributed by atoms with van der Waals surface area (Å²) in [7, 11) is 1.99. The molecule has 2 heterocycles. The van der Waals surface area contributed by atoms with Crippen molar-refractivity contribution in [3.05, 3.63) is 10.6 Å². The standard InChI is InChI=1S/C13H24N4S/c1-5-16-6-7-17(9-10(16)2)13-15-11(3)12(18-13)8-14-4/h10,14H,5-9H2,1-4H3. The number of hydrogen-bond acceptors (Lipinski definition) is 5. The van der Waals surface area contributed by atoms with Crippen molar-refractivity contribution in [2.75, 3.05) is 38.1 Å². The molecule has 0 aliphatic carbocycles. The largest absolute Gasteiger partial charge is 0.345 e. The van der Waals surface area contributed by atoms with Crippen molar-refractivity contribution in [2.45, 2.75) is 33.4 Å². The summed E-state index contributed by atoms with van der Waals surface area (Å²) in [6.07, 6.45) is 0. The van der Waals surface area contributed by atoms with E-state index in [0.717, 1.165) is 32.7 Å². The molecule has 0 radical (unpaired) electrons. The van der Waals surface area contributed by atoms with Gasteiger partial charge >= 0.3 is 0 Å². The summed E-state index contributed by atoms with van der Waals surface area (Å²) in [6.45, 7) is 12.1. The molecule has 18 heavy (non-hydrogen) atoms. The predicted molar refractivity (Wildman–Crippen MR) is 78.5 cm³/mol. The summed E-state index contributed by atoms with van der Waals surface area (Å²) < 4.78 is 0. The molecule has 2 rings (SSSR count). The average molecular weight is 268 g/mol. The van der Waals surface area contributed by atoms with Gasteiger partial charge in [0.25, 0.3) is 0 Å². The molecule has 5 heteroatoms. The Morgan fingerprint density at radius 2 is 2.22 bits per heavy atom. The van der Waals surface area contributed by atoms with Crippen LogP contribution in [0, 0.1) is 6.92 Å². The minimum atomic E-state index is 0.626. The molecule has 1 aromatic rings. The number of aromatic nitrogens is 1. The normalized spacial score (nSPS) is 21.6. The van der Waals surface area contributed by atoms with E-state index >= 15 is 0 Å². The summed E-state index contributed by atoms with van der Waals surface area (Å²) in [4.78, 5) is 11.1. The van der Waals surface area contributed by atoms with Gasteiger partial charge in [0.05, 0.1) is 5.69 Å². The molecule has 1 aliphatic heterocycles. The first-order chi connectivity index (χ1) is 8.65. The molecule has 1 N–H and O–H groups in total. The second-order valence-electron chi connectivity index (χ2n) is 4.96. The lowest BCUT2D eigenvalue weighted by atomic mass is 10.2. The van der Waals surface area contributed by atoms with Gasteiger partial charge in [0, 0.05) is 37.1 Å². The molecule has 1 fully saturated rings. The fraction of sp³-hybridized carbons (Fsp3) is 0.769. The van der Waals surface area contributed by atoms with Gasteiger partial charge in [0.2, 0.25) is 0 Å². The number of aryl methyl sites for hydroxylation is 1. The van der Waals surface area contributed by atoms with Crippen LogP contribution in [0.25, 0.3) is 0 Å². The van der Waals surface area contributed by atoms with Gasteiger partial charge in [-0.05, 0) is 27.4 Å². The van der Waals surface area contributed by atoms with Crippen molar-refractivity contribution in [2.24, 2.45) is 0 Å². The number of nitrogens with one attached hydrogen (secondary N) is 1. The average Bonchev–Trinajstić information content (AvgIpc) is 2.71. The fourth-order valence-electron chi connectivity index (χ4n) is 2.51. The molecule has 1 aromatic heterocycles. The summed E-state index contributed by atoms with van der Waals surface area (Å²) in [5, 5.41) is 4.40. The summed E-state index contributed by atoms with van der Waals surface area (Å²) in [5.74, 6) is 0. The summed E-state index contributed by atoms with van der Waals surface area (Å²) in [5.41, 5.74) is 1.18. The van der Waals surface area contributed by atoms with E-state index in [1.165, 1.54) is 15.7 Å². The lowest BCUT2D eigenvalue weighted by Crippen LogP contribution is -2.51. The molecule has 1 atom stereocenters. The highest BCUT2D eigenvalue weighted by atomic mass is 32.1. The van der Waals surface area contributed by atoms with Crippen LogP contribution in [0.1, 0.15) is 24.4 Å². The molecule has 4 nitrogen and oxygen atoms in total. The first-order valence-electron chi connectivity index (χ1n) is 6.75. The second-order valence-corrected chi connectivity index (χ2v) is 6.02. The van der Waals surface area contributed by atoms with Gasteiger partial charge in [-0.2, -0.15) is 0 Å². The van der Waals surface area contributed by atoms with E-state index in [-0.39, 0.29) is 0 Å². The first-order valence-corrected chi connectivity index (χ1v) is 7.57. The van der Waals surface area contributed by atoms with Crippen LogP contribution in [0.3, 0.4) is 0 Å². The zero-order valence-corrected chi connectivity index (χ0v) is 12.7. The molecule has 0 bridgehead atoms. The molecule has 0 aromatic carbocycles. The van der Waals surface area contributed by atoms with Gasteiger partial charge in [-0.25, -0.2) is 4.98 Å². The van der Waals surface area contributed by atoms with Crippen molar-refractivity contribution in [3.63, 3.8) is 0 Å². The molecule has 1 aliphatic rings. The van der Waals surface area contributed by atoms with Crippen LogP contribution in [0.15, 0.2) is 0 Å². The molecule has 0 amide bonds. The Morgan fingerprint density at radius 1 is 1.44 bits per heavy atom. The monoisotopic (exact) mass is 268 g/mol. The maximum atomic E-state index is 4.72. The van der Waals surface area contributed by atoms with Crippen LogP contribution >= 0.6 is 11.3 Å². The first kappa shape index (κ1) is 13.8. The molecule has 1 saturated heterocycles. The Balaban J connectivity index is 2.06. The van der Waals surface area contributed by atoms with E-state index < -0.39 is 0 Å². The topological polar surface area (TPSA) is 31.4 Å².